The molecule has 0 aliphatic rings. The van der Waals surface area contributed by atoms with Gasteiger partial charge in [-0.1, -0.05) is 60.7 Å². The fourth-order valence-electron chi connectivity index (χ4n) is 4.70. The minimum Gasteiger partial charge on any atom is -0.493 e. The molecule has 0 amide bonds. The van der Waals surface area contributed by atoms with Crippen molar-refractivity contribution in [3.8, 4) is 45.3 Å². The van der Waals surface area contributed by atoms with Crippen LogP contribution < -0.4 is 18.9 Å². The van der Waals surface area contributed by atoms with Crippen LogP contribution >= 0.6 is 0 Å². The largest absolute Gasteiger partial charge is 0.493 e. The van der Waals surface area contributed by atoms with E-state index in [0.29, 0.717) is 23.0 Å². The Balaban J connectivity index is 2.08. The van der Waals surface area contributed by atoms with Crippen LogP contribution in [-0.2, 0) is 0 Å². The summed E-state index contributed by atoms with van der Waals surface area (Å²) in [5, 5.41) is 4.24. The van der Waals surface area contributed by atoms with Gasteiger partial charge in [-0.05, 0) is 68.1 Å². The highest BCUT2D eigenvalue weighted by atomic mass is 16.5. The van der Waals surface area contributed by atoms with Gasteiger partial charge >= 0.3 is 0 Å². The maximum absolute atomic E-state index is 5.70. The van der Waals surface area contributed by atoms with E-state index in [1.165, 1.54) is 0 Å². The molecule has 0 atom stereocenters. The molecule has 0 spiro atoms. The van der Waals surface area contributed by atoms with Crippen molar-refractivity contribution in [2.24, 2.45) is 0 Å². The predicted octanol–water partition coefficient (Wildman–Crippen LogP) is 7.36. The van der Waals surface area contributed by atoms with E-state index in [1.807, 2.05) is 24.3 Å². The van der Waals surface area contributed by atoms with Crippen molar-refractivity contribution in [3.05, 3.63) is 84.9 Å². The Morgan fingerprint density at radius 1 is 0.382 bits per heavy atom. The maximum Gasteiger partial charge on any atom is 0.161 e. The Morgan fingerprint density at radius 3 is 0.971 bits per heavy atom. The van der Waals surface area contributed by atoms with Gasteiger partial charge in [-0.3, -0.25) is 0 Å². The summed E-state index contributed by atoms with van der Waals surface area (Å²) in [6.45, 7) is 0. The van der Waals surface area contributed by atoms with E-state index in [2.05, 4.69) is 60.7 Å². The molecule has 0 bridgehead atoms. The zero-order chi connectivity index (χ0) is 23.7. The van der Waals surface area contributed by atoms with Crippen molar-refractivity contribution in [2.45, 2.75) is 0 Å². The second-order valence-corrected chi connectivity index (χ2v) is 7.99. The fraction of sp³-hybridized carbons (Fsp3) is 0.133. The molecule has 0 fully saturated rings. The summed E-state index contributed by atoms with van der Waals surface area (Å²) in [6, 6.07) is 29.1. The van der Waals surface area contributed by atoms with Crippen molar-refractivity contribution in [1.29, 1.82) is 0 Å². The molecule has 0 unspecified atom stereocenters. The Labute approximate surface area is 199 Å². The monoisotopic (exact) mass is 450 g/mol. The van der Waals surface area contributed by atoms with Crippen LogP contribution in [0, 0.1) is 0 Å². The average Bonchev–Trinajstić information content (AvgIpc) is 2.91. The first-order chi connectivity index (χ1) is 16.7. The normalized spacial score (nSPS) is 10.9. The molecule has 0 aliphatic heterocycles. The Bertz CT molecular complexity index is 1360. The third-order valence-electron chi connectivity index (χ3n) is 6.25. The summed E-state index contributed by atoms with van der Waals surface area (Å²) < 4.78 is 22.8. The molecular formula is C30H26O4. The van der Waals surface area contributed by atoms with Gasteiger partial charge in [0.2, 0.25) is 0 Å². The maximum atomic E-state index is 5.70. The highest BCUT2D eigenvalue weighted by Crippen LogP contribution is 2.49. The summed E-state index contributed by atoms with van der Waals surface area (Å²) in [5.41, 5.74) is 4.50. The van der Waals surface area contributed by atoms with Gasteiger partial charge in [-0.25, -0.2) is 0 Å². The lowest BCUT2D eigenvalue weighted by atomic mass is 9.84. The van der Waals surface area contributed by atoms with Gasteiger partial charge in [0.25, 0.3) is 0 Å². The van der Waals surface area contributed by atoms with Crippen molar-refractivity contribution in [2.75, 3.05) is 28.4 Å². The zero-order valence-electron chi connectivity index (χ0n) is 19.7. The molecule has 0 aromatic heterocycles. The summed E-state index contributed by atoms with van der Waals surface area (Å²) in [5.74, 6) is 2.73. The Hall–Kier alpha value is -4.18. The molecule has 0 saturated carbocycles. The van der Waals surface area contributed by atoms with Crippen LogP contribution in [0.15, 0.2) is 84.9 Å². The van der Waals surface area contributed by atoms with E-state index in [9.17, 15) is 0 Å². The van der Waals surface area contributed by atoms with Gasteiger partial charge in [0.1, 0.15) is 0 Å². The first kappa shape index (κ1) is 21.7. The van der Waals surface area contributed by atoms with Crippen LogP contribution in [0.5, 0.6) is 23.0 Å². The first-order valence-corrected chi connectivity index (χ1v) is 11.1. The molecule has 5 aromatic rings. The number of ether oxygens (including phenoxy) is 4. The fourth-order valence-corrected chi connectivity index (χ4v) is 4.70. The molecule has 0 heterocycles. The number of fused-ring (bicyclic) bond motifs is 3. The standard InChI is InChI=1S/C30H26O4/c1-31-25-15-21-22-16-26(32-2)28(34-4)18-24(22)30(20-13-9-6-10-14-20)29(19-11-7-5-8-12-19)23(21)17-27(25)33-3/h5-18H,1-4H3. The van der Waals surface area contributed by atoms with Crippen LogP contribution in [0.2, 0.25) is 0 Å². The molecular weight excluding hydrogens is 424 g/mol. The van der Waals surface area contributed by atoms with Crippen LogP contribution in [0.3, 0.4) is 0 Å². The molecule has 0 N–H and O–H groups in total. The predicted molar refractivity (Wildman–Crippen MR) is 139 cm³/mol. The van der Waals surface area contributed by atoms with Gasteiger partial charge in [-0.2, -0.15) is 0 Å². The summed E-state index contributed by atoms with van der Waals surface area (Å²) in [7, 11) is 6.65. The lowest BCUT2D eigenvalue weighted by Crippen LogP contribution is -1.97. The highest BCUT2D eigenvalue weighted by molar-refractivity contribution is 6.22. The van der Waals surface area contributed by atoms with Gasteiger partial charge in [0.15, 0.2) is 23.0 Å². The Morgan fingerprint density at radius 2 is 0.676 bits per heavy atom. The molecule has 0 aliphatic carbocycles. The molecule has 5 rings (SSSR count). The lowest BCUT2D eigenvalue weighted by Gasteiger charge is -2.21. The topological polar surface area (TPSA) is 36.9 Å². The molecule has 34 heavy (non-hydrogen) atoms. The summed E-state index contributed by atoms with van der Waals surface area (Å²) in [6.07, 6.45) is 0. The number of benzene rings is 5. The van der Waals surface area contributed by atoms with Crippen LogP contribution in [0.1, 0.15) is 0 Å². The number of rotatable bonds is 6. The quantitative estimate of drug-likeness (QED) is 0.253. The molecule has 4 nitrogen and oxygen atoms in total. The van der Waals surface area contributed by atoms with Crippen molar-refractivity contribution < 1.29 is 18.9 Å². The van der Waals surface area contributed by atoms with Gasteiger partial charge in [0.05, 0.1) is 28.4 Å². The van der Waals surface area contributed by atoms with E-state index in [0.717, 1.165) is 43.8 Å². The van der Waals surface area contributed by atoms with Crippen LogP contribution in [-0.4, -0.2) is 28.4 Å². The first-order valence-electron chi connectivity index (χ1n) is 11.1. The van der Waals surface area contributed by atoms with Crippen LogP contribution in [0.4, 0.5) is 0 Å². The molecule has 0 saturated heterocycles. The third kappa shape index (κ3) is 3.48. The third-order valence-corrected chi connectivity index (χ3v) is 6.25. The van der Waals surface area contributed by atoms with E-state index in [4.69, 9.17) is 18.9 Å². The smallest absolute Gasteiger partial charge is 0.161 e. The van der Waals surface area contributed by atoms with E-state index in [-0.39, 0.29) is 0 Å². The minimum absolute atomic E-state index is 0.678. The minimum atomic E-state index is 0.678. The lowest BCUT2D eigenvalue weighted by molar-refractivity contribution is 0.355. The van der Waals surface area contributed by atoms with Crippen LogP contribution in [0.25, 0.3) is 43.8 Å². The molecule has 5 aromatic carbocycles. The zero-order valence-corrected chi connectivity index (χ0v) is 19.7. The van der Waals surface area contributed by atoms with Crippen molar-refractivity contribution >= 4 is 21.5 Å². The van der Waals surface area contributed by atoms with Gasteiger partial charge in [0, 0.05) is 0 Å². The second kappa shape index (κ2) is 8.99. The average molecular weight is 451 g/mol. The highest BCUT2D eigenvalue weighted by Gasteiger charge is 2.21. The number of methoxy groups -OCH3 is 4. The van der Waals surface area contributed by atoms with Crippen molar-refractivity contribution in [1.82, 2.24) is 0 Å². The SMILES string of the molecule is COc1cc2c(-c3ccccc3)c(-c3ccccc3)c3cc(OC)c(OC)cc3c2cc1OC. The molecule has 0 radical (unpaired) electrons. The van der Waals surface area contributed by atoms with Gasteiger partial charge < -0.3 is 18.9 Å². The molecule has 4 heteroatoms. The van der Waals surface area contributed by atoms with E-state index >= 15 is 0 Å². The second-order valence-electron chi connectivity index (χ2n) is 7.99. The summed E-state index contributed by atoms with van der Waals surface area (Å²) >= 11 is 0. The molecule has 170 valence electrons. The number of hydrogen-bond donors (Lipinski definition) is 0. The Kier molecular flexibility index (Phi) is 5.72. The van der Waals surface area contributed by atoms with E-state index in [1.54, 1.807) is 28.4 Å². The van der Waals surface area contributed by atoms with Gasteiger partial charge in [-0.15, -0.1) is 0 Å². The summed E-state index contributed by atoms with van der Waals surface area (Å²) in [4.78, 5) is 0. The number of hydrogen-bond acceptors (Lipinski definition) is 4. The van der Waals surface area contributed by atoms with E-state index < -0.39 is 0 Å². The van der Waals surface area contributed by atoms with Crippen molar-refractivity contribution in [3.63, 3.8) is 0 Å².